The first-order valence-corrected chi connectivity index (χ1v) is 14.1. The van der Waals surface area contributed by atoms with E-state index in [4.69, 9.17) is 5.73 Å². The molecular formula is C30H49N3. The second-order valence-electron chi connectivity index (χ2n) is 11.6. The van der Waals surface area contributed by atoms with E-state index in [2.05, 4.69) is 54.3 Å². The normalized spacial score (nSPS) is 30.6. The molecule has 0 saturated heterocycles. The third kappa shape index (κ3) is 6.63. The lowest BCUT2D eigenvalue weighted by Gasteiger charge is -2.40. The maximum Gasteiger partial charge on any atom is 0.0480 e. The molecule has 4 atom stereocenters. The third-order valence-corrected chi connectivity index (χ3v) is 8.96. The molecule has 0 aliphatic heterocycles. The molecule has 2 aromatic rings. The molecule has 0 radical (unpaired) electrons. The van der Waals surface area contributed by atoms with Gasteiger partial charge in [-0.05, 0) is 69.0 Å². The number of fused-ring (bicyclic) bond motifs is 1. The van der Waals surface area contributed by atoms with Crippen LogP contribution in [0.4, 0.5) is 0 Å². The van der Waals surface area contributed by atoms with Crippen molar-refractivity contribution in [2.75, 3.05) is 6.54 Å². The van der Waals surface area contributed by atoms with E-state index in [1.807, 2.05) is 0 Å². The van der Waals surface area contributed by atoms with Crippen molar-refractivity contribution >= 4 is 10.9 Å². The second kappa shape index (κ2) is 11.9. The molecule has 4 unspecified atom stereocenters. The molecular weight excluding hydrogens is 402 g/mol. The number of hydrogen-bond acceptors (Lipinski definition) is 2. The zero-order valence-electron chi connectivity index (χ0n) is 21.5. The van der Waals surface area contributed by atoms with Crippen molar-refractivity contribution < 1.29 is 0 Å². The Balaban J connectivity index is 1.29. The number of hydrogen-bond donors (Lipinski definition) is 2. The minimum atomic E-state index is 0.0408. The molecule has 2 aliphatic rings. The van der Waals surface area contributed by atoms with Gasteiger partial charge in [-0.2, -0.15) is 0 Å². The molecule has 4 rings (SSSR count). The fourth-order valence-corrected chi connectivity index (χ4v) is 7.04. The molecule has 0 spiro atoms. The molecule has 3 heteroatoms. The van der Waals surface area contributed by atoms with Crippen molar-refractivity contribution in [2.24, 2.45) is 24.6 Å². The van der Waals surface area contributed by atoms with E-state index >= 15 is 0 Å². The van der Waals surface area contributed by atoms with Crippen LogP contribution in [0.25, 0.3) is 10.9 Å². The Bertz CT molecular complexity index is 851. The summed E-state index contributed by atoms with van der Waals surface area (Å²) in [5.41, 5.74) is 9.86. The summed E-state index contributed by atoms with van der Waals surface area (Å²) >= 11 is 0. The first-order chi connectivity index (χ1) is 16.0. The first-order valence-electron chi connectivity index (χ1n) is 14.1. The highest BCUT2D eigenvalue weighted by Crippen LogP contribution is 2.39. The predicted octanol–water partition coefficient (Wildman–Crippen LogP) is 7.12. The van der Waals surface area contributed by atoms with Crippen LogP contribution in [0.15, 0.2) is 30.5 Å². The molecule has 2 fully saturated rings. The van der Waals surface area contributed by atoms with E-state index in [1.54, 1.807) is 0 Å². The maximum atomic E-state index is 7.00. The summed E-state index contributed by atoms with van der Waals surface area (Å²) in [6, 6.07) is 9.49. The van der Waals surface area contributed by atoms with Crippen LogP contribution in [0.3, 0.4) is 0 Å². The Morgan fingerprint density at radius 1 is 0.909 bits per heavy atom. The minimum absolute atomic E-state index is 0.0408. The molecule has 3 nitrogen and oxygen atoms in total. The molecule has 33 heavy (non-hydrogen) atoms. The van der Waals surface area contributed by atoms with E-state index in [-0.39, 0.29) is 5.54 Å². The van der Waals surface area contributed by atoms with E-state index in [0.717, 1.165) is 24.8 Å². The van der Waals surface area contributed by atoms with Crippen molar-refractivity contribution in [3.8, 4) is 0 Å². The van der Waals surface area contributed by atoms with Gasteiger partial charge in [0, 0.05) is 35.7 Å². The van der Waals surface area contributed by atoms with Crippen molar-refractivity contribution in [3.05, 3.63) is 36.0 Å². The van der Waals surface area contributed by atoms with E-state index < -0.39 is 0 Å². The van der Waals surface area contributed by atoms with Gasteiger partial charge in [-0.15, -0.1) is 0 Å². The molecule has 0 amide bonds. The topological polar surface area (TPSA) is 43.0 Å². The average Bonchev–Trinajstić information content (AvgIpc) is 3.20. The van der Waals surface area contributed by atoms with E-state index in [9.17, 15) is 0 Å². The lowest BCUT2D eigenvalue weighted by atomic mass is 9.70. The summed E-state index contributed by atoms with van der Waals surface area (Å²) in [6.45, 7) is 3.47. The standard InChI is InChI=1S/C30H49N3/c1-30(31)21-11-5-3-4-6-18-28(30)24-13-7-8-15-26(16-12-14-24)32-22-20-25-23-33(2)29-19-10-9-17-27(25)29/h9-10,17,19,23-24,26,28,32H,3-8,11-16,18,20-22,31H2,1-2H3. The molecule has 2 aliphatic carbocycles. The predicted molar refractivity (Wildman–Crippen MR) is 143 cm³/mol. The van der Waals surface area contributed by atoms with Crippen molar-refractivity contribution in [2.45, 2.75) is 115 Å². The van der Waals surface area contributed by atoms with E-state index in [0.29, 0.717) is 6.04 Å². The Kier molecular flexibility index (Phi) is 8.93. The van der Waals surface area contributed by atoms with Crippen LogP contribution in [-0.4, -0.2) is 22.7 Å². The van der Waals surface area contributed by atoms with Crippen LogP contribution < -0.4 is 11.1 Å². The minimum Gasteiger partial charge on any atom is -0.350 e. The van der Waals surface area contributed by atoms with Crippen LogP contribution in [-0.2, 0) is 13.5 Å². The number of para-hydroxylation sites is 1. The van der Waals surface area contributed by atoms with Crippen LogP contribution in [0, 0.1) is 11.8 Å². The highest BCUT2D eigenvalue weighted by atomic mass is 14.9. The molecule has 3 N–H and O–H groups in total. The third-order valence-electron chi connectivity index (χ3n) is 8.96. The number of nitrogens with two attached hydrogens (primary N) is 1. The summed E-state index contributed by atoms with van der Waals surface area (Å²) in [7, 11) is 2.16. The largest absolute Gasteiger partial charge is 0.350 e. The SMILES string of the molecule is Cn1cc(CCNC2CCCCC(C3CCCCCCCC3(C)N)CCC2)c2ccccc21. The zero-order valence-corrected chi connectivity index (χ0v) is 21.5. The van der Waals surface area contributed by atoms with Gasteiger partial charge in [0.1, 0.15) is 0 Å². The fourth-order valence-electron chi connectivity index (χ4n) is 7.04. The van der Waals surface area contributed by atoms with Gasteiger partial charge in [0.2, 0.25) is 0 Å². The number of aryl methyl sites for hydroxylation is 1. The summed E-state index contributed by atoms with van der Waals surface area (Å²) in [6.07, 6.45) is 22.6. The highest BCUT2D eigenvalue weighted by Gasteiger charge is 2.35. The Hall–Kier alpha value is -1.32. The van der Waals surface area contributed by atoms with Gasteiger partial charge >= 0.3 is 0 Å². The van der Waals surface area contributed by atoms with Crippen molar-refractivity contribution in [1.29, 1.82) is 0 Å². The quantitative estimate of drug-likeness (QED) is 0.508. The molecule has 1 heterocycles. The maximum absolute atomic E-state index is 7.00. The van der Waals surface area contributed by atoms with Crippen LogP contribution >= 0.6 is 0 Å². The zero-order chi connectivity index (χ0) is 23.1. The lowest BCUT2D eigenvalue weighted by Crippen LogP contribution is -2.47. The van der Waals surface area contributed by atoms with Crippen molar-refractivity contribution in [1.82, 2.24) is 9.88 Å². The van der Waals surface area contributed by atoms with Gasteiger partial charge < -0.3 is 15.6 Å². The molecule has 1 aromatic heterocycles. The number of nitrogens with zero attached hydrogens (tertiary/aromatic N) is 1. The fraction of sp³-hybridized carbons (Fsp3) is 0.733. The van der Waals surface area contributed by atoms with Crippen LogP contribution in [0.2, 0.25) is 0 Å². The van der Waals surface area contributed by atoms with Gasteiger partial charge in [-0.25, -0.2) is 0 Å². The molecule has 0 bridgehead atoms. The average molecular weight is 452 g/mol. The first kappa shape index (κ1) is 24.8. The second-order valence-corrected chi connectivity index (χ2v) is 11.6. The summed E-state index contributed by atoms with van der Waals surface area (Å²) in [5.74, 6) is 1.57. The van der Waals surface area contributed by atoms with Crippen molar-refractivity contribution in [3.63, 3.8) is 0 Å². The monoisotopic (exact) mass is 451 g/mol. The Morgan fingerprint density at radius 3 is 2.52 bits per heavy atom. The number of aromatic nitrogens is 1. The molecule has 184 valence electrons. The lowest BCUT2D eigenvalue weighted by molar-refractivity contribution is 0.154. The highest BCUT2D eigenvalue weighted by molar-refractivity contribution is 5.83. The summed E-state index contributed by atoms with van der Waals surface area (Å²) in [5, 5.41) is 5.36. The van der Waals surface area contributed by atoms with Gasteiger partial charge in [-0.3, -0.25) is 0 Å². The van der Waals surface area contributed by atoms with Gasteiger partial charge in [-0.1, -0.05) is 82.4 Å². The van der Waals surface area contributed by atoms with Gasteiger partial charge in [0.05, 0.1) is 0 Å². The van der Waals surface area contributed by atoms with Crippen LogP contribution in [0.1, 0.15) is 102 Å². The van der Waals surface area contributed by atoms with E-state index in [1.165, 1.54) is 106 Å². The van der Waals surface area contributed by atoms with Gasteiger partial charge in [0.25, 0.3) is 0 Å². The Labute approximate surface area is 202 Å². The summed E-state index contributed by atoms with van der Waals surface area (Å²) in [4.78, 5) is 0. The molecule has 1 aromatic carbocycles. The number of benzene rings is 1. The molecule has 2 saturated carbocycles. The Morgan fingerprint density at radius 2 is 1.61 bits per heavy atom. The number of nitrogens with one attached hydrogen (secondary N) is 1. The smallest absolute Gasteiger partial charge is 0.0480 e. The summed E-state index contributed by atoms with van der Waals surface area (Å²) < 4.78 is 2.27. The van der Waals surface area contributed by atoms with Gasteiger partial charge in [0.15, 0.2) is 0 Å². The number of rotatable bonds is 5. The van der Waals surface area contributed by atoms with Crippen LogP contribution in [0.5, 0.6) is 0 Å².